The number of halogens is 2. The van der Waals surface area contributed by atoms with Gasteiger partial charge in [-0.05, 0) is 35.9 Å². The number of nitriles is 1. The zero-order valence-electron chi connectivity index (χ0n) is 20.7. The maximum absolute atomic E-state index is 13.8. The molecule has 1 unspecified atom stereocenters. The Balaban J connectivity index is 1.56. The molecule has 3 heterocycles. The van der Waals surface area contributed by atoms with E-state index in [0.717, 1.165) is 10.6 Å². The second-order valence-electron chi connectivity index (χ2n) is 9.17. The van der Waals surface area contributed by atoms with E-state index in [1.54, 1.807) is 17.0 Å². The lowest BCUT2D eigenvalue weighted by Gasteiger charge is -2.40. The lowest BCUT2D eigenvalue weighted by molar-refractivity contribution is -0.385. The number of anilines is 1. The van der Waals surface area contributed by atoms with Crippen molar-refractivity contribution in [3.8, 4) is 11.8 Å². The molecule has 1 aliphatic rings. The molecular formula is C27H22F2N6O4. The highest BCUT2D eigenvalue weighted by Crippen LogP contribution is 2.38. The molecule has 0 amide bonds. The Kier molecular flexibility index (Phi) is 6.67. The number of fused-ring (bicyclic) bond motifs is 1. The molecule has 10 nitrogen and oxygen atoms in total. The van der Waals surface area contributed by atoms with Gasteiger partial charge in [0, 0.05) is 44.9 Å². The molecule has 0 spiro atoms. The fourth-order valence-corrected chi connectivity index (χ4v) is 5.09. The largest absolute Gasteiger partial charge is 0.507 e. The van der Waals surface area contributed by atoms with Crippen LogP contribution in [0.5, 0.6) is 5.75 Å². The first-order valence-corrected chi connectivity index (χ1v) is 12.0. The van der Waals surface area contributed by atoms with E-state index >= 15 is 0 Å². The van der Waals surface area contributed by atoms with Gasteiger partial charge in [-0.15, -0.1) is 0 Å². The van der Waals surface area contributed by atoms with E-state index in [1.165, 1.54) is 43.4 Å². The Bertz CT molecular complexity index is 1690. The van der Waals surface area contributed by atoms with Crippen LogP contribution < -0.4 is 10.5 Å². The minimum absolute atomic E-state index is 0.0396. The van der Waals surface area contributed by atoms with Crippen LogP contribution in [0.2, 0.25) is 0 Å². The first kappa shape index (κ1) is 25.7. The molecule has 39 heavy (non-hydrogen) atoms. The smallest absolute Gasteiger partial charge is 0.359 e. The van der Waals surface area contributed by atoms with Crippen molar-refractivity contribution in [2.24, 2.45) is 7.05 Å². The van der Waals surface area contributed by atoms with Crippen LogP contribution in [0.15, 0.2) is 59.4 Å². The van der Waals surface area contributed by atoms with E-state index in [9.17, 15) is 34.1 Å². The monoisotopic (exact) mass is 532 g/mol. The SMILES string of the molecule is Cn1c(=O)c([N+](=O)[O-])c(N2CCN(C(c3ccc(F)cc3)c3ccc(F)cc3O)CC2)c2nc(C#N)ccc21. The Morgan fingerprint density at radius 1 is 1.05 bits per heavy atom. The average molecular weight is 533 g/mol. The first-order chi connectivity index (χ1) is 18.7. The van der Waals surface area contributed by atoms with Gasteiger partial charge < -0.3 is 14.6 Å². The lowest BCUT2D eigenvalue weighted by Crippen LogP contribution is -2.48. The molecule has 1 atom stereocenters. The molecule has 1 aliphatic heterocycles. The standard InChI is InChI=1S/C27H22F2N6O4/c1-32-21-9-7-19(15-30)31-23(21)25(26(27(32)37)35(38)39)34-12-10-33(11-13-34)24(16-2-4-17(28)5-3-16)20-8-6-18(29)14-22(20)36/h2-9,14,24,36H,10-13H2,1H3. The molecule has 12 heteroatoms. The second-order valence-corrected chi connectivity index (χ2v) is 9.17. The van der Waals surface area contributed by atoms with E-state index in [-0.39, 0.29) is 35.7 Å². The number of hydrogen-bond donors (Lipinski definition) is 1. The number of hydrogen-bond acceptors (Lipinski definition) is 8. The molecule has 1 fully saturated rings. The van der Waals surface area contributed by atoms with E-state index in [4.69, 9.17) is 0 Å². The van der Waals surface area contributed by atoms with Gasteiger partial charge in [-0.25, -0.2) is 13.8 Å². The molecule has 0 radical (unpaired) electrons. The number of pyridine rings is 2. The third kappa shape index (κ3) is 4.64. The fraction of sp³-hybridized carbons (Fsp3) is 0.222. The zero-order chi connectivity index (χ0) is 27.8. The predicted octanol–water partition coefficient (Wildman–Crippen LogP) is 3.61. The highest BCUT2D eigenvalue weighted by atomic mass is 19.1. The second kappa shape index (κ2) is 10.1. The van der Waals surface area contributed by atoms with Crippen LogP contribution in [0, 0.1) is 33.1 Å². The number of nitrogens with zero attached hydrogens (tertiary/aromatic N) is 6. The highest BCUT2D eigenvalue weighted by molar-refractivity contribution is 5.94. The molecule has 1 N–H and O–H groups in total. The van der Waals surface area contributed by atoms with Gasteiger partial charge in [-0.2, -0.15) is 5.26 Å². The molecule has 5 rings (SSSR count). The van der Waals surface area contributed by atoms with Gasteiger partial charge in [-0.3, -0.25) is 19.8 Å². The summed E-state index contributed by atoms with van der Waals surface area (Å²) in [6, 6.07) is 13.8. The van der Waals surface area contributed by atoms with E-state index in [2.05, 4.69) is 4.98 Å². The Morgan fingerprint density at radius 3 is 2.33 bits per heavy atom. The van der Waals surface area contributed by atoms with E-state index < -0.39 is 33.8 Å². The van der Waals surface area contributed by atoms with Crippen molar-refractivity contribution >= 4 is 22.4 Å². The van der Waals surface area contributed by atoms with Crippen LogP contribution in [0.1, 0.15) is 22.9 Å². The normalized spacial score (nSPS) is 14.8. The molecule has 0 bridgehead atoms. The molecule has 1 saturated heterocycles. The third-order valence-electron chi connectivity index (χ3n) is 6.96. The van der Waals surface area contributed by atoms with Crippen molar-refractivity contribution in [2.45, 2.75) is 6.04 Å². The summed E-state index contributed by atoms with van der Waals surface area (Å²) < 4.78 is 28.6. The summed E-state index contributed by atoms with van der Waals surface area (Å²) in [4.78, 5) is 32.3. The predicted molar refractivity (Wildman–Crippen MR) is 138 cm³/mol. The molecule has 0 aliphatic carbocycles. The van der Waals surface area contributed by atoms with Crippen molar-refractivity contribution in [3.05, 3.63) is 104 Å². The first-order valence-electron chi connectivity index (χ1n) is 12.0. The molecule has 4 aromatic rings. The topological polar surface area (TPSA) is 129 Å². The van der Waals surface area contributed by atoms with Gasteiger partial charge in [0.25, 0.3) is 0 Å². The number of benzene rings is 2. The summed E-state index contributed by atoms with van der Waals surface area (Å²) >= 11 is 0. The van der Waals surface area contributed by atoms with Gasteiger partial charge in [0.1, 0.15) is 34.7 Å². The van der Waals surface area contributed by atoms with E-state index in [0.29, 0.717) is 29.7 Å². The van der Waals surface area contributed by atoms with Crippen molar-refractivity contribution < 1.29 is 18.8 Å². The van der Waals surface area contributed by atoms with Gasteiger partial charge >= 0.3 is 11.2 Å². The van der Waals surface area contributed by atoms with Gasteiger partial charge in [-0.1, -0.05) is 18.2 Å². The number of nitro groups is 1. The fourth-order valence-electron chi connectivity index (χ4n) is 5.09. The van der Waals surface area contributed by atoms with Crippen molar-refractivity contribution in [2.75, 3.05) is 31.1 Å². The Hall–Kier alpha value is -4.89. The summed E-state index contributed by atoms with van der Waals surface area (Å²) in [5, 5.41) is 32.0. The molecule has 2 aromatic carbocycles. The summed E-state index contributed by atoms with van der Waals surface area (Å²) in [5.41, 5.74) is 0.268. The quantitative estimate of drug-likeness (QED) is 0.305. The number of aromatic hydroxyl groups is 1. The third-order valence-corrected chi connectivity index (χ3v) is 6.96. The Labute approximate surface area is 220 Å². The number of aromatic nitrogens is 2. The molecule has 198 valence electrons. The maximum atomic E-state index is 13.8. The summed E-state index contributed by atoms with van der Waals surface area (Å²) in [6.07, 6.45) is 0. The zero-order valence-corrected chi connectivity index (χ0v) is 20.7. The van der Waals surface area contributed by atoms with Crippen molar-refractivity contribution in [3.63, 3.8) is 0 Å². The summed E-state index contributed by atoms with van der Waals surface area (Å²) in [5.74, 6) is -1.29. The van der Waals surface area contributed by atoms with E-state index in [1.807, 2.05) is 11.0 Å². The Morgan fingerprint density at radius 2 is 1.72 bits per heavy atom. The molecule has 0 saturated carbocycles. The number of piperazine rings is 1. The van der Waals surface area contributed by atoms with Crippen LogP contribution in [0.25, 0.3) is 11.0 Å². The van der Waals surface area contributed by atoms with Crippen molar-refractivity contribution in [1.82, 2.24) is 14.5 Å². The molecule has 2 aromatic heterocycles. The maximum Gasteiger partial charge on any atom is 0.359 e. The van der Waals surface area contributed by atoms with Gasteiger partial charge in [0.15, 0.2) is 5.69 Å². The number of aryl methyl sites for hydroxylation is 1. The average Bonchev–Trinajstić information content (AvgIpc) is 2.92. The summed E-state index contributed by atoms with van der Waals surface area (Å²) in [7, 11) is 1.41. The number of rotatable bonds is 5. The minimum Gasteiger partial charge on any atom is -0.507 e. The summed E-state index contributed by atoms with van der Waals surface area (Å²) in [6.45, 7) is 1.12. The van der Waals surface area contributed by atoms with Crippen LogP contribution in [0.4, 0.5) is 20.2 Å². The number of phenolic OH excluding ortho intramolecular Hbond substituents is 1. The highest BCUT2D eigenvalue weighted by Gasteiger charge is 2.34. The van der Waals surface area contributed by atoms with Gasteiger partial charge in [0.2, 0.25) is 0 Å². The van der Waals surface area contributed by atoms with Gasteiger partial charge in [0.05, 0.1) is 16.5 Å². The van der Waals surface area contributed by atoms with Crippen molar-refractivity contribution in [1.29, 1.82) is 5.26 Å². The minimum atomic E-state index is -0.795. The number of phenols is 1. The molecular weight excluding hydrogens is 510 g/mol. The van der Waals surface area contributed by atoms with Crippen LogP contribution in [-0.4, -0.2) is 50.7 Å². The lowest BCUT2D eigenvalue weighted by atomic mass is 9.95. The van der Waals surface area contributed by atoms with Crippen LogP contribution in [-0.2, 0) is 7.05 Å². The van der Waals surface area contributed by atoms with Crippen LogP contribution in [0.3, 0.4) is 0 Å². The van der Waals surface area contributed by atoms with Crippen LogP contribution >= 0.6 is 0 Å².